The molecule has 1 unspecified atom stereocenters. The van der Waals surface area contributed by atoms with Crippen LogP contribution in [0.4, 0.5) is 0 Å². The van der Waals surface area contributed by atoms with Crippen LogP contribution in [0.15, 0.2) is 42.7 Å². The van der Waals surface area contributed by atoms with E-state index in [2.05, 4.69) is 63.3 Å². The molecule has 0 radical (unpaired) electrons. The highest BCUT2D eigenvalue weighted by atomic mass is 127. The minimum atomic E-state index is -0.0144. The summed E-state index contributed by atoms with van der Waals surface area (Å²) in [5, 5.41) is 0. The maximum atomic E-state index is 5.65. The van der Waals surface area contributed by atoms with Gasteiger partial charge in [0.2, 0.25) is 0 Å². The largest absolute Gasteiger partial charge is 0.271 e. The molecule has 1 atom stereocenters. The summed E-state index contributed by atoms with van der Waals surface area (Å²) < 4.78 is 1.21. The second kappa shape index (κ2) is 5.57. The topological polar surface area (TPSA) is 50.9 Å². The first-order valence-electron chi connectivity index (χ1n) is 5.34. The number of hydrogen-bond donors (Lipinski definition) is 2. The van der Waals surface area contributed by atoms with Gasteiger partial charge >= 0.3 is 0 Å². The average molecular weight is 339 g/mol. The molecule has 17 heavy (non-hydrogen) atoms. The lowest BCUT2D eigenvalue weighted by atomic mass is 10.00. The van der Waals surface area contributed by atoms with Crippen molar-refractivity contribution in [2.75, 3.05) is 0 Å². The van der Waals surface area contributed by atoms with Crippen LogP contribution in [0.5, 0.6) is 0 Å². The Labute approximate surface area is 115 Å². The van der Waals surface area contributed by atoms with Gasteiger partial charge in [0.1, 0.15) is 0 Å². The highest BCUT2D eigenvalue weighted by Gasteiger charge is 2.12. The van der Waals surface area contributed by atoms with Gasteiger partial charge in [-0.05, 0) is 58.3 Å². The first-order valence-corrected chi connectivity index (χ1v) is 6.41. The van der Waals surface area contributed by atoms with E-state index in [-0.39, 0.29) is 6.04 Å². The van der Waals surface area contributed by atoms with Crippen LogP contribution in [0.3, 0.4) is 0 Å². The van der Waals surface area contributed by atoms with Gasteiger partial charge in [-0.3, -0.25) is 10.8 Å². The van der Waals surface area contributed by atoms with Crippen molar-refractivity contribution in [2.24, 2.45) is 5.84 Å². The average Bonchev–Trinajstić information content (AvgIpc) is 2.33. The number of hydrazine groups is 1. The number of aryl methyl sites for hydroxylation is 1. The van der Waals surface area contributed by atoms with Gasteiger partial charge in [-0.1, -0.05) is 18.2 Å². The Morgan fingerprint density at radius 2 is 1.88 bits per heavy atom. The molecule has 0 fully saturated rings. The van der Waals surface area contributed by atoms with Gasteiger partial charge in [0, 0.05) is 16.0 Å². The summed E-state index contributed by atoms with van der Waals surface area (Å²) in [6, 6.07) is 10.4. The van der Waals surface area contributed by atoms with Crippen molar-refractivity contribution in [3.63, 3.8) is 0 Å². The van der Waals surface area contributed by atoms with E-state index in [4.69, 9.17) is 5.84 Å². The normalized spacial score (nSPS) is 12.4. The zero-order chi connectivity index (χ0) is 12.3. The van der Waals surface area contributed by atoms with Crippen LogP contribution < -0.4 is 11.3 Å². The summed E-state index contributed by atoms with van der Waals surface area (Å²) >= 11 is 2.29. The fraction of sp³-hybridized carbons (Fsp3) is 0.154. The van der Waals surface area contributed by atoms with Crippen LogP contribution in [0.1, 0.15) is 22.7 Å². The van der Waals surface area contributed by atoms with Crippen molar-refractivity contribution in [1.29, 1.82) is 0 Å². The fourth-order valence-electron chi connectivity index (χ4n) is 1.78. The van der Waals surface area contributed by atoms with Crippen LogP contribution in [0.25, 0.3) is 0 Å². The van der Waals surface area contributed by atoms with Gasteiger partial charge in [-0.25, -0.2) is 5.43 Å². The Morgan fingerprint density at radius 3 is 2.47 bits per heavy atom. The number of pyridine rings is 1. The van der Waals surface area contributed by atoms with Crippen molar-refractivity contribution >= 4 is 22.6 Å². The first-order chi connectivity index (χ1) is 8.20. The number of hydrogen-bond acceptors (Lipinski definition) is 3. The lowest BCUT2D eigenvalue weighted by Gasteiger charge is -2.17. The van der Waals surface area contributed by atoms with Crippen LogP contribution in [0, 0.1) is 10.5 Å². The minimum Gasteiger partial charge on any atom is -0.271 e. The summed E-state index contributed by atoms with van der Waals surface area (Å²) in [5.41, 5.74) is 6.19. The third-order valence-corrected chi connectivity index (χ3v) is 3.32. The van der Waals surface area contributed by atoms with E-state index in [0.717, 1.165) is 16.7 Å². The zero-order valence-corrected chi connectivity index (χ0v) is 11.7. The smallest absolute Gasteiger partial charge is 0.0725 e. The zero-order valence-electron chi connectivity index (χ0n) is 9.52. The number of halogens is 1. The Kier molecular flexibility index (Phi) is 4.09. The maximum absolute atomic E-state index is 5.65. The van der Waals surface area contributed by atoms with Crippen LogP contribution >= 0.6 is 22.6 Å². The quantitative estimate of drug-likeness (QED) is 0.513. The highest BCUT2D eigenvalue weighted by Crippen LogP contribution is 2.22. The molecule has 0 aliphatic rings. The Morgan fingerprint density at radius 1 is 1.18 bits per heavy atom. The Bertz CT molecular complexity index is 496. The third kappa shape index (κ3) is 3.02. The molecule has 0 spiro atoms. The molecule has 4 heteroatoms. The molecule has 2 rings (SSSR count). The van der Waals surface area contributed by atoms with Crippen molar-refractivity contribution in [2.45, 2.75) is 13.0 Å². The van der Waals surface area contributed by atoms with Crippen molar-refractivity contribution in [1.82, 2.24) is 10.4 Å². The van der Waals surface area contributed by atoms with Crippen molar-refractivity contribution in [3.8, 4) is 0 Å². The Hall–Kier alpha value is -0.980. The molecule has 3 nitrogen and oxygen atoms in total. The summed E-state index contributed by atoms with van der Waals surface area (Å²) in [7, 11) is 0. The molecule has 0 saturated carbocycles. The van der Waals surface area contributed by atoms with E-state index in [1.807, 2.05) is 19.3 Å². The maximum Gasteiger partial charge on any atom is 0.0725 e. The first kappa shape index (κ1) is 12.5. The highest BCUT2D eigenvalue weighted by molar-refractivity contribution is 14.1. The van der Waals surface area contributed by atoms with Crippen LogP contribution in [-0.4, -0.2) is 4.98 Å². The van der Waals surface area contributed by atoms with E-state index < -0.39 is 0 Å². The summed E-state index contributed by atoms with van der Waals surface area (Å²) in [6.07, 6.45) is 3.68. The molecule has 2 aromatic rings. The standard InChI is InChI=1S/C13H14IN3/c1-9-6-11(8-16-7-9)13(17-15)10-2-4-12(14)5-3-10/h2-8,13,17H,15H2,1H3. The predicted molar refractivity (Wildman–Crippen MR) is 77.3 cm³/mol. The molecule has 1 aromatic heterocycles. The molecular weight excluding hydrogens is 325 g/mol. The SMILES string of the molecule is Cc1cncc(C(NN)c2ccc(I)cc2)c1. The summed E-state index contributed by atoms with van der Waals surface area (Å²) in [6.45, 7) is 2.03. The molecule has 0 amide bonds. The van der Waals surface area contributed by atoms with Crippen molar-refractivity contribution < 1.29 is 0 Å². The van der Waals surface area contributed by atoms with Gasteiger partial charge in [0.25, 0.3) is 0 Å². The van der Waals surface area contributed by atoms with Gasteiger partial charge in [-0.2, -0.15) is 0 Å². The van der Waals surface area contributed by atoms with E-state index >= 15 is 0 Å². The summed E-state index contributed by atoms with van der Waals surface area (Å²) in [4.78, 5) is 4.20. The van der Waals surface area contributed by atoms with Crippen LogP contribution in [0.2, 0.25) is 0 Å². The number of benzene rings is 1. The molecule has 0 bridgehead atoms. The third-order valence-electron chi connectivity index (χ3n) is 2.60. The number of nitrogens with two attached hydrogens (primary N) is 1. The number of aromatic nitrogens is 1. The lowest BCUT2D eigenvalue weighted by molar-refractivity contribution is 0.634. The molecule has 3 N–H and O–H groups in total. The molecule has 0 saturated heterocycles. The summed E-state index contributed by atoms with van der Waals surface area (Å²) in [5.74, 6) is 5.65. The fourth-order valence-corrected chi connectivity index (χ4v) is 2.14. The van der Waals surface area contributed by atoms with Gasteiger partial charge < -0.3 is 0 Å². The van der Waals surface area contributed by atoms with Gasteiger partial charge in [0.15, 0.2) is 0 Å². The van der Waals surface area contributed by atoms with E-state index in [1.54, 1.807) is 0 Å². The second-order valence-electron chi connectivity index (χ2n) is 3.95. The number of nitrogens with one attached hydrogen (secondary N) is 1. The van der Waals surface area contributed by atoms with Crippen LogP contribution in [-0.2, 0) is 0 Å². The van der Waals surface area contributed by atoms with Gasteiger partial charge in [0.05, 0.1) is 6.04 Å². The minimum absolute atomic E-state index is 0.0144. The molecule has 88 valence electrons. The monoisotopic (exact) mass is 339 g/mol. The van der Waals surface area contributed by atoms with Gasteiger partial charge in [-0.15, -0.1) is 0 Å². The second-order valence-corrected chi connectivity index (χ2v) is 5.19. The molecule has 1 aromatic carbocycles. The predicted octanol–water partition coefficient (Wildman–Crippen LogP) is 2.55. The van der Waals surface area contributed by atoms with E-state index in [0.29, 0.717) is 0 Å². The van der Waals surface area contributed by atoms with E-state index in [9.17, 15) is 0 Å². The Balaban J connectivity index is 2.36. The number of rotatable bonds is 3. The number of nitrogens with zero attached hydrogens (tertiary/aromatic N) is 1. The molecule has 1 heterocycles. The molecule has 0 aliphatic carbocycles. The lowest BCUT2D eigenvalue weighted by Crippen LogP contribution is -2.29. The van der Waals surface area contributed by atoms with Crippen molar-refractivity contribution in [3.05, 3.63) is 63.0 Å². The molecule has 0 aliphatic heterocycles. The molecular formula is C13H14IN3. The van der Waals surface area contributed by atoms with E-state index in [1.165, 1.54) is 3.57 Å².